The molecule has 4 nitrogen and oxygen atoms in total. The van der Waals surface area contributed by atoms with Crippen LogP contribution in [0.4, 0.5) is 0 Å². The van der Waals surface area contributed by atoms with Gasteiger partial charge in [0.2, 0.25) is 0 Å². The lowest BCUT2D eigenvalue weighted by Crippen LogP contribution is -2.23. The van der Waals surface area contributed by atoms with Crippen molar-refractivity contribution in [3.8, 4) is 6.07 Å². The van der Waals surface area contributed by atoms with Crippen LogP contribution < -0.4 is 5.32 Å². The van der Waals surface area contributed by atoms with E-state index in [0.29, 0.717) is 5.76 Å². The van der Waals surface area contributed by atoms with Crippen LogP contribution in [0.3, 0.4) is 0 Å². The largest absolute Gasteiger partial charge is 0.467 e. The fourth-order valence-corrected chi connectivity index (χ4v) is 2.12. The minimum absolute atomic E-state index is 0.0701. The zero-order valence-electron chi connectivity index (χ0n) is 10.5. The van der Waals surface area contributed by atoms with E-state index in [9.17, 15) is 4.79 Å². The molecule has 20 heavy (non-hydrogen) atoms. The van der Waals surface area contributed by atoms with Crippen LogP contribution in [-0.4, -0.2) is 5.91 Å². The first-order chi connectivity index (χ1) is 9.70. The lowest BCUT2D eigenvalue weighted by Gasteiger charge is -2.03. The Bertz CT molecular complexity index is 669. The Kier molecular flexibility index (Phi) is 4.96. The predicted molar refractivity (Wildman–Crippen MR) is 83.3 cm³/mol. The van der Waals surface area contributed by atoms with E-state index in [4.69, 9.17) is 9.68 Å². The third-order valence-electron chi connectivity index (χ3n) is 2.57. The lowest BCUT2D eigenvalue weighted by atomic mass is 10.1. The molecular weight excluding hydrogens is 367 g/mol. The van der Waals surface area contributed by atoms with Crippen molar-refractivity contribution in [2.75, 3.05) is 0 Å². The summed E-state index contributed by atoms with van der Waals surface area (Å²) in [5.41, 5.74) is 0.915. The van der Waals surface area contributed by atoms with Crippen LogP contribution in [0.5, 0.6) is 0 Å². The maximum absolute atomic E-state index is 11.9. The Morgan fingerprint density at radius 3 is 2.80 bits per heavy atom. The average molecular weight is 378 g/mol. The van der Waals surface area contributed by atoms with Crippen molar-refractivity contribution in [2.24, 2.45) is 0 Å². The minimum Gasteiger partial charge on any atom is -0.467 e. The van der Waals surface area contributed by atoms with Gasteiger partial charge in [-0.15, -0.1) is 0 Å². The molecule has 0 aliphatic heterocycles. The number of hydrogen-bond donors (Lipinski definition) is 1. The van der Waals surface area contributed by atoms with E-state index in [0.717, 1.165) is 9.13 Å². The van der Waals surface area contributed by atoms with Gasteiger partial charge >= 0.3 is 0 Å². The topological polar surface area (TPSA) is 66.0 Å². The number of nitriles is 1. The number of carbonyl (C=O) groups excluding carboxylic acids is 1. The number of nitrogens with zero attached hydrogens (tertiary/aromatic N) is 1. The highest BCUT2D eigenvalue weighted by Crippen LogP contribution is 2.15. The maximum Gasteiger partial charge on any atom is 0.262 e. The van der Waals surface area contributed by atoms with Crippen LogP contribution >= 0.6 is 22.6 Å². The van der Waals surface area contributed by atoms with Crippen molar-refractivity contribution in [2.45, 2.75) is 6.54 Å². The van der Waals surface area contributed by atoms with Gasteiger partial charge < -0.3 is 9.73 Å². The molecule has 5 heteroatoms. The van der Waals surface area contributed by atoms with E-state index in [2.05, 4.69) is 27.9 Å². The molecule has 0 saturated carbocycles. The van der Waals surface area contributed by atoms with Crippen molar-refractivity contribution < 1.29 is 9.21 Å². The zero-order chi connectivity index (χ0) is 14.4. The van der Waals surface area contributed by atoms with Gasteiger partial charge in [-0.1, -0.05) is 18.2 Å². The molecule has 1 heterocycles. The number of furan rings is 1. The summed E-state index contributed by atoms with van der Waals surface area (Å²) in [6.07, 6.45) is 3.12. The van der Waals surface area contributed by atoms with Crippen molar-refractivity contribution in [1.29, 1.82) is 5.26 Å². The summed E-state index contributed by atoms with van der Waals surface area (Å²) in [4.78, 5) is 11.9. The molecule has 1 N–H and O–H groups in total. The molecule has 0 aliphatic carbocycles. The first-order valence-corrected chi connectivity index (χ1v) is 6.95. The van der Waals surface area contributed by atoms with Crippen LogP contribution in [0.25, 0.3) is 6.08 Å². The smallest absolute Gasteiger partial charge is 0.262 e. The molecule has 2 rings (SSSR count). The van der Waals surface area contributed by atoms with Crippen LogP contribution in [-0.2, 0) is 11.3 Å². The van der Waals surface area contributed by atoms with Gasteiger partial charge in [-0.3, -0.25) is 4.79 Å². The molecule has 100 valence electrons. The quantitative estimate of drug-likeness (QED) is 0.505. The normalized spacial score (nSPS) is 10.9. The van der Waals surface area contributed by atoms with Gasteiger partial charge in [0.05, 0.1) is 12.8 Å². The molecule has 1 aromatic carbocycles. The van der Waals surface area contributed by atoms with Gasteiger partial charge in [-0.25, -0.2) is 0 Å². The second-order valence-electron chi connectivity index (χ2n) is 3.95. The molecule has 0 spiro atoms. The molecule has 0 atom stereocenters. The molecule has 0 aliphatic rings. The summed E-state index contributed by atoms with van der Waals surface area (Å²) in [5.74, 6) is 0.230. The van der Waals surface area contributed by atoms with E-state index in [1.54, 1.807) is 18.2 Å². The van der Waals surface area contributed by atoms with Crippen LogP contribution in [0.1, 0.15) is 11.3 Å². The Hall–Kier alpha value is -2.07. The standard InChI is InChI=1S/C15H11IN2O2/c16-14-6-2-1-4-11(14)8-12(9-17)15(19)18-10-13-5-3-7-20-13/h1-8H,10H2,(H,18,19)/b12-8-. The Morgan fingerprint density at radius 1 is 1.35 bits per heavy atom. The Morgan fingerprint density at radius 2 is 2.15 bits per heavy atom. The van der Waals surface area contributed by atoms with E-state index >= 15 is 0 Å². The van der Waals surface area contributed by atoms with Crippen molar-refractivity contribution in [1.82, 2.24) is 5.32 Å². The third-order valence-corrected chi connectivity index (χ3v) is 3.56. The fourth-order valence-electron chi connectivity index (χ4n) is 1.57. The number of nitrogens with one attached hydrogen (secondary N) is 1. The molecular formula is C15H11IN2O2. The van der Waals surface area contributed by atoms with Gasteiger partial charge in [0.1, 0.15) is 17.4 Å². The lowest BCUT2D eigenvalue weighted by molar-refractivity contribution is -0.117. The van der Waals surface area contributed by atoms with Gasteiger partial charge in [-0.2, -0.15) is 5.26 Å². The fraction of sp³-hybridized carbons (Fsp3) is 0.0667. The van der Waals surface area contributed by atoms with Gasteiger partial charge in [-0.05, 0) is 52.4 Å². The van der Waals surface area contributed by atoms with Crippen molar-refractivity contribution >= 4 is 34.6 Å². The summed E-state index contributed by atoms with van der Waals surface area (Å²) in [6.45, 7) is 0.261. The van der Waals surface area contributed by atoms with Crippen LogP contribution in [0.15, 0.2) is 52.7 Å². The van der Waals surface area contributed by atoms with Gasteiger partial charge in [0, 0.05) is 3.57 Å². The van der Waals surface area contributed by atoms with E-state index in [-0.39, 0.29) is 12.1 Å². The molecule has 2 aromatic rings. The monoisotopic (exact) mass is 378 g/mol. The first-order valence-electron chi connectivity index (χ1n) is 5.87. The number of benzene rings is 1. The van der Waals surface area contributed by atoms with Crippen LogP contribution in [0.2, 0.25) is 0 Å². The summed E-state index contributed by atoms with van der Waals surface area (Å²) in [5, 5.41) is 11.8. The predicted octanol–water partition coefficient (Wildman–Crippen LogP) is 3.11. The van der Waals surface area contributed by atoms with Crippen molar-refractivity contribution in [3.63, 3.8) is 0 Å². The number of carbonyl (C=O) groups is 1. The van der Waals surface area contributed by atoms with Gasteiger partial charge in [0.15, 0.2) is 0 Å². The number of halogens is 1. The molecule has 0 unspecified atom stereocenters. The minimum atomic E-state index is -0.413. The first kappa shape index (κ1) is 14.3. The zero-order valence-corrected chi connectivity index (χ0v) is 12.6. The Balaban J connectivity index is 2.10. The van der Waals surface area contributed by atoms with Gasteiger partial charge in [0.25, 0.3) is 5.91 Å². The number of amides is 1. The third kappa shape index (κ3) is 3.71. The molecule has 0 saturated heterocycles. The Labute approximate surface area is 130 Å². The highest BCUT2D eigenvalue weighted by molar-refractivity contribution is 14.1. The SMILES string of the molecule is N#C/C(=C/c1ccccc1I)C(=O)NCc1ccco1. The number of hydrogen-bond acceptors (Lipinski definition) is 3. The van der Waals surface area contributed by atoms with E-state index in [1.165, 1.54) is 6.26 Å². The second-order valence-corrected chi connectivity index (χ2v) is 5.12. The molecule has 1 aromatic heterocycles. The molecule has 0 bridgehead atoms. The second kappa shape index (κ2) is 6.91. The number of rotatable bonds is 4. The van der Waals surface area contributed by atoms with E-state index in [1.807, 2.05) is 30.3 Å². The maximum atomic E-state index is 11.9. The molecule has 0 radical (unpaired) electrons. The van der Waals surface area contributed by atoms with Crippen LogP contribution in [0, 0.1) is 14.9 Å². The highest BCUT2D eigenvalue weighted by atomic mass is 127. The summed E-state index contributed by atoms with van der Waals surface area (Å²) < 4.78 is 6.10. The average Bonchev–Trinajstić information content (AvgIpc) is 2.97. The molecule has 1 amide bonds. The summed E-state index contributed by atoms with van der Waals surface area (Å²) >= 11 is 2.16. The van der Waals surface area contributed by atoms with Crippen molar-refractivity contribution in [3.05, 3.63) is 63.1 Å². The van der Waals surface area contributed by atoms with E-state index < -0.39 is 5.91 Å². The summed E-state index contributed by atoms with van der Waals surface area (Å²) in [7, 11) is 0. The molecule has 0 fully saturated rings. The summed E-state index contributed by atoms with van der Waals surface area (Å²) in [6, 6.07) is 13.0. The highest BCUT2D eigenvalue weighted by Gasteiger charge is 2.10.